The van der Waals surface area contributed by atoms with Crippen molar-refractivity contribution >= 4 is 11.3 Å². The normalized spacial score (nSPS) is 22.1. The lowest BCUT2D eigenvalue weighted by molar-refractivity contribution is 0.161. The maximum Gasteiger partial charge on any atom is 0.152 e. The van der Waals surface area contributed by atoms with E-state index in [1.165, 1.54) is 0 Å². The molecule has 2 aromatic rings. The Morgan fingerprint density at radius 2 is 2.39 bits per heavy atom. The van der Waals surface area contributed by atoms with Gasteiger partial charge in [0.05, 0.1) is 7.11 Å². The zero-order chi connectivity index (χ0) is 12.5. The molecular formula is C13H14N2O2S. The van der Waals surface area contributed by atoms with Gasteiger partial charge in [0.1, 0.15) is 16.5 Å². The van der Waals surface area contributed by atoms with Crippen LogP contribution < -0.4 is 15.2 Å². The lowest BCUT2D eigenvalue weighted by atomic mass is 9.97. The number of rotatable bonds is 2. The molecule has 0 radical (unpaired) electrons. The van der Waals surface area contributed by atoms with Crippen molar-refractivity contribution in [2.75, 3.05) is 7.11 Å². The molecule has 0 aliphatic carbocycles. The second-order valence-electron chi connectivity index (χ2n) is 4.22. The number of thiazole rings is 1. The summed E-state index contributed by atoms with van der Waals surface area (Å²) in [5, 5.41) is 2.93. The minimum absolute atomic E-state index is 0.0408. The summed E-state index contributed by atoms with van der Waals surface area (Å²) in [6, 6.07) is 5.69. The average Bonchev–Trinajstić information content (AvgIpc) is 2.92. The Kier molecular flexibility index (Phi) is 2.93. The molecule has 1 aromatic heterocycles. The highest BCUT2D eigenvalue weighted by atomic mass is 32.1. The predicted octanol–water partition coefficient (Wildman–Crippen LogP) is 2.68. The van der Waals surface area contributed by atoms with Gasteiger partial charge >= 0.3 is 0 Å². The summed E-state index contributed by atoms with van der Waals surface area (Å²) in [7, 11) is 1.65. The summed E-state index contributed by atoms with van der Waals surface area (Å²) in [4.78, 5) is 4.29. The minimum Gasteiger partial charge on any atom is -0.497 e. The van der Waals surface area contributed by atoms with Crippen LogP contribution in [0.1, 0.15) is 29.1 Å². The van der Waals surface area contributed by atoms with Gasteiger partial charge in [-0.05, 0) is 18.2 Å². The minimum atomic E-state index is -0.0438. The maximum atomic E-state index is 6.21. The van der Waals surface area contributed by atoms with Crippen molar-refractivity contribution in [1.29, 1.82) is 0 Å². The number of hydrogen-bond donors (Lipinski definition) is 1. The van der Waals surface area contributed by atoms with Gasteiger partial charge in [-0.2, -0.15) is 0 Å². The first-order valence-electron chi connectivity index (χ1n) is 5.77. The SMILES string of the molecule is COc1ccc2c(c1)C(N)CC(c1nccs1)O2. The van der Waals surface area contributed by atoms with Gasteiger partial charge in [0.25, 0.3) is 0 Å². The third-order valence-electron chi connectivity index (χ3n) is 3.08. The van der Waals surface area contributed by atoms with E-state index in [-0.39, 0.29) is 12.1 Å². The van der Waals surface area contributed by atoms with E-state index in [0.717, 1.165) is 28.5 Å². The van der Waals surface area contributed by atoms with Crippen LogP contribution in [-0.4, -0.2) is 12.1 Å². The molecule has 0 bridgehead atoms. The molecule has 0 saturated carbocycles. The largest absolute Gasteiger partial charge is 0.497 e. The third kappa shape index (κ3) is 1.95. The first kappa shape index (κ1) is 11.5. The molecule has 1 aliphatic rings. The fourth-order valence-electron chi connectivity index (χ4n) is 2.15. The van der Waals surface area contributed by atoms with Crippen LogP contribution in [0.3, 0.4) is 0 Å². The number of hydrogen-bond acceptors (Lipinski definition) is 5. The lowest BCUT2D eigenvalue weighted by Crippen LogP contribution is -2.24. The highest BCUT2D eigenvalue weighted by molar-refractivity contribution is 7.09. The Morgan fingerprint density at radius 1 is 1.50 bits per heavy atom. The highest BCUT2D eigenvalue weighted by Crippen LogP contribution is 2.41. The summed E-state index contributed by atoms with van der Waals surface area (Å²) in [6.45, 7) is 0. The van der Waals surface area contributed by atoms with Gasteiger partial charge in [0, 0.05) is 29.6 Å². The van der Waals surface area contributed by atoms with Crippen LogP contribution >= 0.6 is 11.3 Å². The van der Waals surface area contributed by atoms with E-state index in [9.17, 15) is 0 Å². The van der Waals surface area contributed by atoms with E-state index in [4.69, 9.17) is 15.2 Å². The van der Waals surface area contributed by atoms with Crippen LogP contribution in [-0.2, 0) is 0 Å². The van der Waals surface area contributed by atoms with E-state index in [1.807, 2.05) is 23.6 Å². The first-order chi connectivity index (χ1) is 8.78. The fourth-order valence-corrected chi connectivity index (χ4v) is 2.83. The number of aromatic nitrogens is 1. The Bertz CT molecular complexity index is 542. The molecule has 94 valence electrons. The highest BCUT2D eigenvalue weighted by Gasteiger charge is 2.28. The van der Waals surface area contributed by atoms with Gasteiger partial charge in [0.15, 0.2) is 6.10 Å². The molecule has 2 atom stereocenters. The summed E-state index contributed by atoms with van der Waals surface area (Å²) < 4.78 is 11.2. The topological polar surface area (TPSA) is 57.4 Å². The predicted molar refractivity (Wildman–Crippen MR) is 70.0 cm³/mol. The van der Waals surface area contributed by atoms with Crippen LogP contribution in [0.15, 0.2) is 29.8 Å². The Hall–Kier alpha value is -1.59. The molecule has 1 aromatic carbocycles. The van der Waals surface area contributed by atoms with Gasteiger partial charge in [0.2, 0.25) is 0 Å². The van der Waals surface area contributed by atoms with E-state index >= 15 is 0 Å². The summed E-state index contributed by atoms with van der Waals surface area (Å²) in [6.07, 6.45) is 2.49. The van der Waals surface area contributed by atoms with Gasteiger partial charge < -0.3 is 15.2 Å². The fraction of sp³-hybridized carbons (Fsp3) is 0.308. The van der Waals surface area contributed by atoms with Crippen molar-refractivity contribution in [3.05, 3.63) is 40.3 Å². The van der Waals surface area contributed by atoms with Crippen LogP contribution in [0.2, 0.25) is 0 Å². The second-order valence-corrected chi connectivity index (χ2v) is 5.15. The molecule has 0 fully saturated rings. The quantitative estimate of drug-likeness (QED) is 0.904. The molecule has 0 amide bonds. The number of methoxy groups -OCH3 is 1. The van der Waals surface area contributed by atoms with Crippen LogP contribution in [0.4, 0.5) is 0 Å². The van der Waals surface area contributed by atoms with Gasteiger partial charge in [-0.3, -0.25) is 0 Å². The van der Waals surface area contributed by atoms with Crippen molar-refractivity contribution < 1.29 is 9.47 Å². The number of nitrogens with zero attached hydrogens (tertiary/aromatic N) is 1. The lowest BCUT2D eigenvalue weighted by Gasteiger charge is -2.29. The molecule has 3 rings (SSSR count). The molecule has 5 heteroatoms. The van der Waals surface area contributed by atoms with E-state index in [1.54, 1.807) is 24.6 Å². The van der Waals surface area contributed by atoms with Gasteiger partial charge in [-0.25, -0.2) is 4.98 Å². The van der Waals surface area contributed by atoms with Crippen molar-refractivity contribution in [2.24, 2.45) is 5.73 Å². The van der Waals surface area contributed by atoms with Gasteiger partial charge in [-0.1, -0.05) is 0 Å². The molecule has 0 saturated heterocycles. The standard InChI is InChI=1S/C13H14N2O2S/c1-16-8-2-3-11-9(6-8)10(14)7-12(17-11)13-15-4-5-18-13/h2-6,10,12H,7,14H2,1H3. The van der Waals surface area contributed by atoms with E-state index in [2.05, 4.69) is 4.98 Å². The number of ether oxygens (including phenoxy) is 2. The Morgan fingerprint density at radius 3 is 3.11 bits per heavy atom. The molecular weight excluding hydrogens is 248 g/mol. The molecule has 2 N–H and O–H groups in total. The molecule has 18 heavy (non-hydrogen) atoms. The number of fused-ring (bicyclic) bond motifs is 1. The summed E-state index contributed by atoms with van der Waals surface area (Å²) in [5.41, 5.74) is 7.21. The van der Waals surface area contributed by atoms with Crippen molar-refractivity contribution in [3.8, 4) is 11.5 Å². The van der Waals surface area contributed by atoms with Crippen LogP contribution in [0.25, 0.3) is 0 Å². The van der Waals surface area contributed by atoms with E-state index in [0.29, 0.717) is 0 Å². The monoisotopic (exact) mass is 262 g/mol. The van der Waals surface area contributed by atoms with E-state index < -0.39 is 0 Å². The Labute approximate surface area is 109 Å². The first-order valence-corrected chi connectivity index (χ1v) is 6.65. The molecule has 2 heterocycles. The van der Waals surface area contributed by atoms with Crippen molar-refractivity contribution in [1.82, 2.24) is 4.98 Å². The van der Waals surface area contributed by atoms with Crippen LogP contribution in [0, 0.1) is 0 Å². The third-order valence-corrected chi connectivity index (χ3v) is 3.95. The zero-order valence-corrected chi connectivity index (χ0v) is 10.8. The molecule has 0 spiro atoms. The number of nitrogens with two attached hydrogens (primary N) is 1. The molecule has 1 aliphatic heterocycles. The van der Waals surface area contributed by atoms with Gasteiger partial charge in [-0.15, -0.1) is 11.3 Å². The van der Waals surface area contributed by atoms with Crippen molar-refractivity contribution in [3.63, 3.8) is 0 Å². The second kappa shape index (κ2) is 4.59. The summed E-state index contributed by atoms with van der Waals surface area (Å²) in [5.74, 6) is 1.63. The molecule has 2 unspecified atom stereocenters. The summed E-state index contributed by atoms with van der Waals surface area (Å²) >= 11 is 1.60. The average molecular weight is 262 g/mol. The maximum absolute atomic E-state index is 6.21. The van der Waals surface area contributed by atoms with Crippen LogP contribution in [0.5, 0.6) is 11.5 Å². The molecule has 4 nitrogen and oxygen atoms in total. The zero-order valence-electron chi connectivity index (χ0n) is 10.00. The number of benzene rings is 1. The Balaban J connectivity index is 1.93. The smallest absolute Gasteiger partial charge is 0.152 e. The van der Waals surface area contributed by atoms with Crippen molar-refractivity contribution in [2.45, 2.75) is 18.6 Å².